The number of H-pyrrole nitrogens is 1. The maximum absolute atomic E-state index is 6.00. The summed E-state index contributed by atoms with van der Waals surface area (Å²) in [6, 6.07) is 26.5. The smallest absolute Gasteiger partial charge is 0.163 e. The minimum Gasteiger partial charge on any atom is -0.493 e. The molecule has 4 rings (SSSR count). The van der Waals surface area contributed by atoms with Gasteiger partial charge < -0.3 is 14.5 Å². The molecule has 0 atom stereocenters. The van der Waals surface area contributed by atoms with E-state index in [4.69, 9.17) is 9.47 Å². The normalized spacial score (nSPS) is 11.1. The summed E-state index contributed by atoms with van der Waals surface area (Å²) in [6.07, 6.45) is 4.17. The second kappa shape index (κ2) is 7.83. The molecular weight excluding hydrogens is 334 g/mol. The maximum Gasteiger partial charge on any atom is 0.163 e. The van der Waals surface area contributed by atoms with Gasteiger partial charge in [0, 0.05) is 22.7 Å². The van der Waals surface area contributed by atoms with Crippen LogP contribution >= 0.6 is 0 Å². The molecule has 0 saturated carbocycles. The van der Waals surface area contributed by atoms with Crippen LogP contribution in [-0.4, -0.2) is 12.1 Å². The van der Waals surface area contributed by atoms with Crippen LogP contribution < -0.4 is 9.47 Å². The van der Waals surface area contributed by atoms with Crippen LogP contribution in [0.2, 0.25) is 0 Å². The molecule has 4 aromatic rings. The average Bonchev–Trinajstić information content (AvgIpc) is 3.13. The van der Waals surface area contributed by atoms with E-state index in [1.807, 2.05) is 60.7 Å². The first-order valence-corrected chi connectivity index (χ1v) is 8.92. The van der Waals surface area contributed by atoms with E-state index in [2.05, 4.69) is 35.3 Å². The number of methoxy groups -OCH3 is 1. The van der Waals surface area contributed by atoms with Gasteiger partial charge in [0.15, 0.2) is 11.5 Å². The van der Waals surface area contributed by atoms with Crippen molar-refractivity contribution in [3.8, 4) is 11.5 Å². The number of ether oxygens (including phenoxy) is 2. The lowest BCUT2D eigenvalue weighted by Gasteiger charge is -2.11. The first-order valence-electron chi connectivity index (χ1n) is 8.92. The van der Waals surface area contributed by atoms with Crippen molar-refractivity contribution in [3.63, 3.8) is 0 Å². The summed E-state index contributed by atoms with van der Waals surface area (Å²) in [6.45, 7) is 0.504. The molecule has 0 aliphatic carbocycles. The van der Waals surface area contributed by atoms with Crippen molar-refractivity contribution in [3.05, 3.63) is 95.7 Å². The van der Waals surface area contributed by atoms with Crippen LogP contribution in [0.1, 0.15) is 16.8 Å². The number of hydrogen-bond acceptors (Lipinski definition) is 2. The largest absolute Gasteiger partial charge is 0.493 e. The zero-order valence-electron chi connectivity index (χ0n) is 15.2. The summed E-state index contributed by atoms with van der Waals surface area (Å²) in [5.41, 5.74) is 4.35. The fourth-order valence-corrected chi connectivity index (χ4v) is 3.01. The lowest BCUT2D eigenvalue weighted by Crippen LogP contribution is -1.97. The van der Waals surface area contributed by atoms with Crippen LogP contribution in [0, 0.1) is 0 Å². The molecule has 0 amide bonds. The van der Waals surface area contributed by atoms with Crippen LogP contribution in [0.4, 0.5) is 0 Å². The number of aromatic amines is 1. The van der Waals surface area contributed by atoms with Gasteiger partial charge in [-0.25, -0.2) is 0 Å². The minimum absolute atomic E-state index is 0.504. The van der Waals surface area contributed by atoms with E-state index in [9.17, 15) is 0 Å². The molecule has 0 spiro atoms. The van der Waals surface area contributed by atoms with E-state index in [0.29, 0.717) is 6.61 Å². The third kappa shape index (κ3) is 4.04. The first kappa shape index (κ1) is 17.0. The molecule has 3 nitrogen and oxygen atoms in total. The molecule has 0 aliphatic heterocycles. The zero-order valence-corrected chi connectivity index (χ0v) is 15.2. The Hall–Kier alpha value is -3.46. The van der Waals surface area contributed by atoms with Crippen molar-refractivity contribution >= 4 is 23.1 Å². The molecule has 3 aromatic carbocycles. The van der Waals surface area contributed by atoms with Crippen molar-refractivity contribution in [1.82, 2.24) is 4.98 Å². The van der Waals surface area contributed by atoms with Gasteiger partial charge in [0.2, 0.25) is 0 Å². The Kier molecular flexibility index (Phi) is 4.93. The van der Waals surface area contributed by atoms with Gasteiger partial charge in [-0.05, 0) is 29.3 Å². The molecule has 1 N–H and O–H groups in total. The molecule has 0 aliphatic rings. The first-order chi connectivity index (χ1) is 13.3. The predicted octanol–water partition coefficient (Wildman–Crippen LogP) is 5.93. The van der Waals surface area contributed by atoms with Crippen LogP contribution in [0.3, 0.4) is 0 Å². The molecule has 0 fully saturated rings. The van der Waals surface area contributed by atoms with E-state index in [1.165, 1.54) is 5.56 Å². The molecule has 27 heavy (non-hydrogen) atoms. The summed E-state index contributed by atoms with van der Waals surface area (Å²) in [5, 5.41) is 1.09. The van der Waals surface area contributed by atoms with E-state index >= 15 is 0 Å². The highest BCUT2D eigenvalue weighted by molar-refractivity contribution is 5.87. The number of nitrogens with one attached hydrogen (secondary N) is 1. The lowest BCUT2D eigenvalue weighted by atomic mass is 10.2. The van der Waals surface area contributed by atoms with Gasteiger partial charge in [0.25, 0.3) is 0 Å². The topological polar surface area (TPSA) is 34.2 Å². The fourth-order valence-electron chi connectivity index (χ4n) is 3.01. The SMILES string of the molecule is COc1cc2cc(/C=C\c3ccccc3)[nH]c2cc1OCc1ccccc1. The average molecular weight is 355 g/mol. The van der Waals surface area contributed by atoms with Crippen molar-refractivity contribution in [2.24, 2.45) is 0 Å². The minimum atomic E-state index is 0.504. The number of benzene rings is 3. The van der Waals surface area contributed by atoms with Gasteiger partial charge >= 0.3 is 0 Å². The summed E-state index contributed by atoms with van der Waals surface area (Å²) in [4.78, 5) is 3.43. The van der Waals surface area contributed by atoms with Crippen molar-refractivity contribution in [2.45, 2.75) is 6.61 Å². The second-order valence-corrected chi connectivity index (χ2v) is 6.33. The number of aromatic nitrogens is 1. The summed E-state index contributed by atoms with van der Waals surface area (Å²) < 4.78 is 11.5. The lowest BCUT2D eigenvalue weighted by molar-refractivity contribution is 0.285. The highest BCUT2D eigenvalue weighted by atomic mass is 16.5. The molecule has 1 heterocycles. The molecule has 0 radical (unpaired) electrons. The van der Waals surface area contributed by atoms with E-state index < -0.39 is 0 Å². The molecule has 3 heteroatoms. The monoisotopic (exact) mass is 355 g/mol. The Morgan fingerprint density at radius 2 is 1.56 bits per heavy atom. The second-order valence-electron chi connectivity index (χ2n) is 6.33. The number of rotatable bonds is 6. The van der Waals surface area contributed by atoms with Crippen LogP contribution in [0.5, 0.6) is 11.5 Å². The van der Waals surface area contributed by atoms with Gasteiger partial charge in [-0.15, -0.1) is 0 Å². The van der Waals surface area contributed by atoms with Crippen molar-refractivity contribution < 1.29 is 9.47 Å². The van der Waals surface area contributed by atoms with Crippen molar-refractivity contribution in [2.75, 3.05) is 7.11 Å². The Morgan fingerprint density at radius 3 is 2.30 bits per heavy atom. The van der Waals surface area contributed by atoms with E-state index in [-0.39, 0.29) is 0 Å². The third-order valence-corrected chi connectivity index (χ3v) is 4.42. The van der Waals surface area contributed by atoms with Crippen LogP contribution in [0.15, 0.2) is 78.9 Å². The maximum atomic E-state index is 6.00. The van der Waals surface area contributed by atoms with Gasteiger partial charge in [-0.1, -0.05) is 66.7 Å². The van der Waals surface area contributed by atoms with Gasteiger partial charge in [-0.2, -0.15) is 0 Å². The quantitative estimate of drug-likeness (QED) is 0.465. The van der Waals surface area contributed by atoms with E-state index in [0.717, 1.165) is 33.7 Å². The molecular formula is C24H21NO2. The molecule has 0 unspecified atom stereocenters. The highest BCUT2D eigenvalue weighted by Crippen LogP contribution is 2.33. The van der Waals surface area contributed by atoms with Gasteiger partial charge in [-0.3, -0.25) is 0 Å². The Bertz CT molecular complexity index is 1050. The fraction of sp³-hybridized carbons (Fsp3) is 0.0833. The summed E-state index contributed by atoms with van der Waals surface area (Å²) in [5.74, 6) is 1.46. The van der Waals surface area contributed by atoms with Crippen molar-refractivity contribution in [1.29, 1.82) is 0 Å². The Labute approximate surface area is 158 Å². The zero-order chi connectivity index (χ0) is 18.5. The molecule has 0 bridgehead atoms. The Morgan fingerprint density at radius 1 is 0.815 bits per heavy atom. The molecule has 134 valence electrons. The molecule has 0 saturated heterocycles. The highest BCUT2D eigenvalue weighted by Gasteiger charge is 2.09. The third-order valence-electron chi connectivity index (χ3n) is 4.42. The number of fused-ring (bicyclic) bond motifs is 1. The van der Waals surface area contributed by atoms with Crippen LogP contribution in [-0.2, 0) is 6.61 Å². The standard InChI is InChI=1S/C24H21NO2/c1-26-23-15-20-14-21(13-12-18-8-4-2-5-9-18)25-22(20)16-24(23)27-17-19-10-6-3-7-11-19/h2-16,25H,17H2,1H3/b13-12-. The summed E-state index contributed by atoms with van der Waals surface area (Å²) >= 11 is 0. The van der Waals surface area contributed by atoms with Crippen LogP contribution in [0.25, 0.3) is 23.1 Å². The predicted molar refractivity (Wildman–Crippen MR) is 111 cm³/mol. The van der Waals surface area contributed by atoms with Gasteiger partial charge in [0.05, 0.1) is 7.11 Å². The Balaban J connectivity index is 1.58. The van der Waals surface area contributed by atoms with Gasteiger partial charge in [0.1, 0.15) is 6.61 Å². The van der Waals surface area contributed by atoms with E-state index in [1.54, 1.807) is 7.11 Å². The summed E-state index contributed by atoms with van der Waals surface area (Å²) in [7, 11) is 1.67. The number of hydrogen-bond donors (Lipinski definition) is 1. The molecule has 1 aromatic heterocycles.